The van der Waals surface area contributed by atoms with Crippen molar-refractivity contribution in [1.29, 1.82) is 0 Å². The first-order chi connectivity index (χ1) is 8.50. The van der Waals surface area contributed by atoms with Crippen LogP contribution >= 0.6 is 0 Å². The van der Waals surface area contributed by atoms with Gasteiger partial charge in [-0.2, -0.15) is 0 Å². The van der Waals surface area contributed by atoms with Crippen LogP contribution in [0, 0.1) is 5.41 Å². The van der Waals surface area contributed by atoms with Gasteiger partial charge in [-0.25, -0.2) is 4.98 Å². The van der Waals surface area contributed by atoms with Gasteiger partial charge in [-0.05, 0) is 18.0 Å². The lowest BCUT2D eigenvalue weighted by molar-refractivity contribution is 0.147. The van der Waals surface area contributed by atoms with E-state index < -0.39 is 0 Å². The normalized spacial score (nSPS) is 25.3. The molecule has 2 atom stereocenters. The van der Waals surface area contributed by atoms with Crippen LogP contribution in [-0.2, 0) is 0 Å². The third-order valence-corrected chi connectivity index (χ3v) is 3.70. The Bertz CT molecular complexity index is 372. The van der Waals surface area contributed by atoms with Gasteiger partial charge in [0.15, 0.2) is 0 Å². The van der Waals surface area contributed by atoms with Crippen molar-refractivity contribution in [1.82, 2.24) is 9.88 Å². The van der Waals surface area contributed by atoms with Crippen LogP contribution in [0.1, 0.15) is 34.1 Å². The van der Waals surface area contributed by atoms with E-state index in [4.69, 9.17) is 4.74 Å². The standard InChI is InChI=1S/C15H24N2O/c1-5-17-11-12(10-13(17)15(2,3)4)18-14-8-6-7-9-16-14/h6-9,12-13H,5,10-11H2,1-4H3. The summed E-state index contributed by atoms with van der Waals surface area (Å²) in [6.45, 7) is 11.2. The Morgan fingerprint density at radius 2 is 2.17 bits per heavy atom. The number of pyridine rings is 1. The second kappa shape index (κ2) is 5.27. The quantitative estimate of drug-likeness (QED) is 0.822. The maximum Gasteiger partial charge on any atom is 0.213 e. The predicted molar refractivity (Wildman–Crippen MR) is 73.8 cm³/mol. The van der Waals surface area contributed by atoms with Crippen LogP contribution in [0.15, 0.2) is 24.4 Å². The Labute approximate surface area is 110 Å². The Morgan fingerprint density at radius 1 is 1.39 bits per heavy atom. The van der Waals surface area contributed by atoms with Crippen LogP contribution in [-0.4, -0.2) is 35.1 Å². The highest BCUT2D eigenvalue weighted by molar-refractivity contribution is 5.10. The van der Waals surface area contributed by atoms with E-state index in [9.17, 15) is 0 Å². The predicted octanol–water partition coefficient (Wildman–Crippen LogP) is 2.97. The molecule has 1 aliphatic heterocycles. The number of rotatable bonds is 3. The van der Waals surface area contributed by atoms with Gasteiger partial charge < -0.3 is 4.74 Å². The first-order valence-electron chi connectivity index (χ1n) is 6.82. The summed E-state index contributed by atoms with van der Waals surface area (Å²) in [5.41, 5.74) is 0.304. The summed E-state index contributed by atoms with van der Waals surface area (Å²) in [6, 6.07) is 6.41. The number of hydrogen-bond acceptors (Lipinski definition) is 3. The molecule has 1 fully saturated rings. The molecule has 0 radical (unpaired) electrons. The molecular formula is C15H24N2O. The highest BCUT2D eigenvalue weighted by atomic mass is 16.5. The van der Waals surface area contributed by atoms with E-state index in [0.717, 1.165) is 25.4 Å². The summed E-state index contributed by atoms with van der Waals surface area (Å²) in [7, 11) is 0. The lowest BCUT2D eigenvalue weighted by Crippen LogP contribution is -2.39. The van der Waals surface area contributed by atoms with Gasteiger partial charge in [-0.15, -0.1) is 0 Å². The van der Waals surface area contributed by atoms with Gasteiger partial charge in [-0.1, -0.05) is 33.8 Å². The molecule has 1 aromatic heterocycles. The Hall–Kier alpha value is -1.09. The minimum atomic E-state index is 0.268. The third-order valence-electron chi connectivity index (χ3n) is 3.70. The Kier molecular flexibility index (Phi) is 3.91. The van der Waals surface area contributed by atoms with E-state index in [0.29, 0.717) is 11.5 Å². The van der Waals surface area contributed by atoms with Crippen LogP contribution in [0.4, 0.5) is 0 Å². The second-order valence-corrected chi connectivity index (χ2v) is 6.11. The molecule has 0 N–H and O–H groups in total. The van der Waals surface area contributed by atoms with Gasteiger partial charge in [0.1, 0.15) is 6.10 Å². The van der Waals surface area contributed by atoms with E-state index in [1.54, 1.807) is 6.20 Å². The number of likely N-dealkylation sites (tertiary alicyclic amines) is 1. The van der Waals surface area contributed by atoms with Gasteiger partial charge in [0.2, 0.25) is 5.88 Å². The molecule has 0 bridgehead atoms. The van der Waals surface area contributed by atoms with Crippen molar-refractivity contribution >= 4 is 0 Å². The molecule has 18 heavy (non-hydrogen) atoms. The van der Waals surface area contributed by atoms with Gasteiger partial charge in [0.25, 0.3) is 0 Å². The van der Waals surface area contributed by atoms with E-state index in [1.807, 2.05) is 18.2 Å². The third kappa shape index (κ3) is 3.02. The van der Waals surface area contributed by atoms with Crippen molar-refractivity contribution in [3.8, 4) is 5.88 Å². The molecule has 3 nitrogen and oxygen atoms in total. The summed E-state index contributed by atoms with van der Waals surface area (Å²) >= 11 is 0. The maximum absolute atomic E-state index is 5.98. The van der Waals surface area contributed by atoms with Crippen LogP contribution in [0.25, 0.3) is 0 Å². The molecule has 2 heterocycles. The summed E-state index contributed by atoms with van der Waals surface area (Å²) in [4.78, 5) is 6.76. The van der Waals surface area contributed by atoms with E-state index in [1.165, 1.54) is 0 Å². The highest BCUT2D eigenvalue weighted by Gasteiger charge is 2.39. The van der Waals surface area contributed by atoms with Crippen molar-refractivity contribution in [2.75, 3.05) is 13.1 Å². The average molecular weight is 248 g/mol. The Morgan fingerprint density at radius 3 is 2.67 bits per heavy atom. The van der Waals surface area contributed by atoms with E-state index in [-0.39, 0.29) is 6.10 Å². The van der Waals surface area contributed by atoms with E-state index >= 15 is 0 Å². The van der Waals surface area contributed by atoms with Crippen LogP contribution in [0.3, 0.4) is 0 Å². The summed E-state index contributed by atoms with van der Waals surface area (Å²) < 4.78 is 5.98. The highest BCUT2D eigenvalue weighted by Crippen LogP contribution is 2.33. The van der Waals surface area contributed by atoms with E-state index in [2.05, 4.69) is 37.6 Å². The van der Waals surface area contributed by atoms with Crippen molar-refractivity contribution in [3.63, 3.8) is 0 Å². The Balaban J connectivity index is 2.01. The number of nitrogens with zero attached hydrogens (tertiary/aromatic N) is 2. The molecule has 0 spiro atoms. The molecule has 2 unspecified atom stereocenters. The molecule has 0 aliphatic carbocycles. The summed E-state index contributed by atoms with van der Waals surface area (Å²) in [5, 5.41) is 0. The smallest absolute Gasteiger partial charge is 0.213 e. The minimum absolute atomic E-state index is 0.268. The minimum Gasteiger partial charge on any atom is -0.473 e. The molecule has 0 saturated carbocycles. The van der Waals surface area contributed by atoms with Gasteiger partial charge in [0, 0.05) is 31.3 Å². The largest absolute Gasteiger partial charge is 0.473 e. The molecule has 2 rings (SSSR count). The molecule has 1 aliphatic rings. The summed E-state index contributed by atoms with van der Waals surface area (Å²) in [5.74, 6) is 0.744. The first kappa shape index (κ1) is 13.3. The SMILES string of the molecule is CCN1CC(Oc2ccccn2)CC1C(C)(C)C. The van der Waals surface area contributed by atoms with Crippen molar-refractivity contribution < 1.29 is 4.74 Å². The molecule has 1 aromatic rings. The van der Waals surface area contributed by atoms with Gasteiger partial charge >= 0.3 is 0 Å². The van der Waals surface area contributed by atoms with Crippen molar-refractivity contribution in [2.45, 2.75) is 46.3 Å². The van der Waals surface area contributed by atoms with Crippen LogP contribution < -0.4 is 4.74 Å². The molecule has 100 valence electrons. The molecule has 1 saturated heterocycles. The zero-order valence-electron chi connectivity index (χ0n) is 11.9. The average Bonchev–Trinajstić information content (AvgIpc) is 2.73. The topological polar surface area (TPSA) is 25.4 Å². The number of aromatic nitrogens is 1. The van der Waals surface area contributed by atoms with Crippen LogP contribution in [0.5, 0.6) is 5.88 Å². The van der Waals surface area contributed by atoms with Gasteiger partial charge in [-0.3, -0.25) is 4.90 Å². The van der Waals surface area contributed by atoms with Crippen molar-refractivity contribution in [2.24, 2.45) is 5.41 Å². The fourth-order valence-electron chi connectivity index (χ4n) is 2.79. The fraction of sp³-hybridized carbons (Fsp3) is 0.667. The molecular weight excluding hydrogens is 224 g/mol. The molecule has 3 heteroatoms. The number of likely N-dealkylation sites (N-methyl/N-ethyl adjacent to an activating group) is 1. The lowest BCUT2D eigenvalue weighted by atomic mass is 9.85. The zero-order valence-corrected chi connectivity index (χ0v) is 11.9. The summed E-state index contributed by atoms with van der Waals surface area (Å²) in [6.07, 6.45) is 3.14. The fourth-order valence-corrected chi connectivity index (χ4v) is 2.79. The van der Waals surface area contributed by atoms with Crippen LogP contribution in [0.2, 0.25) is 0 Å². The number of ether oxygens (including phenoxy) is 1. The molecule has 0 amide bonds. The first-order valence-corrected chi connectivity index (χ1v) is 6.82. The lowest BCUT2D eigenvalue weighted by Gasteiger charge is -2.33. The zero-order chi connectivity index (χ0) is 13.2. The van der Waals surface area contributed by atoms with Gasteiger partial charge in [0.05, 0.1) is 0 Å². The van der Waals surface area contributed by atoms with Crippen molar-refractivity contribution in [3.05, 3.63) is 24.4 Å². The number of hydrogen-bond donors (Lipinski definition) is 0. The second-order valence-electron chi connectivity index (χ2n) is 6.11. The maximum atomic E-state index is 5.98. The molecule has 0 aromatic carbocycles. The monoisotopic (exact) mass is 248 g/mol.